The fourth-order valence-corrected chi connectivity index (χ4v) is 4.17. The van der Waals surface area contributed by atoms with Crippen molar-refractivity contribution in [2.45, 2.75) is 45.0 Å². The molecular formula is C20H23F2NO4. The maximum Gasteiger partial charge on any atom is 0.280 e. The molecule has 146 valence electrons. The van der Waals surface area contributed by atoms with Crippen molar-refractivity contribution in [1.29, 1.82) is 0 Å². The van der Waals surface area contributed by atoms with Gasteiger partial charge in [-0.3, -0.25) is 19.4 Å². The van der Waals surface area contributed by atoms with Gasteiger partial charge in [-0.15, -0.1) is 0 Å². The van der Waals surface area contributed by atoms with Gasteiger partial charge in [0.15, 0.2) is 17.3 Å². The van der Waals surface area contributed by atoms with E-state index in [1.165, 1.54) is 13.2 Å². The quantitative estimate of drug-likeness (QED) is 0.413. The maximum absolute atomic E-state index is 13.1. The summed E-state index contributed by atoms with van der Waals surface area (Å²) in [5.74, 6) is -3.04. The van der Waals surface area contributed by atoms with E-state index in [0.29, 0.717) is 32.3 Å². The Labute approximate surface area is 156 Å². The van der Waals surface area contributed by atoms with Crippen molar-refractivity contribution in [3.8, 4) is 0 Å². The van der Waals surface area contributed by atoms with Gasteiger partial charge in [0.2, 0.25) is 0 Å². The lowest BCUT2D eigenvalue weighted by Gasteiger charge is -2.36. The van der Waals surface area contributed by atoms with Gasteiger partial charge < -0.3 is 4.74 Å². The highest BCUT2D eigenvalue weighted by molar-refractivity contribution is 6.26. The molecule has 7 heteroatoms. The largest absolute Gasteiger partial charge is 0.385 e. The van der Waals surface area contributed by atoms with E-state index in [1.807, 2.05) is 0 Å². The molecule has 27 heavy (non-hydrogen) atoms. The summed E-state index contributed by atoms with van der Waals surface area (Å²) in [5.41, 5.74) is -0.120. The molecule has 2 bridgehead atoms. The number of pyridine rings is 1. The fourth-order valence-electron chi connectivity index (χ4n) is 4.17. The topological polar surface area (TPSA) is 73.3 Å². The number of ether oxygens (including phenoxy) is 1. The van der Waals surface area contributed by atoms with Crippen LogP contribution in [0.2, 0.25) is 0 Å². The average Bonchev–Trinajstić information content (AvgIpc) is 2.67. The van der Waals surface area contributed by atoms with Crippen molar-refractivity contribution in [1.82, 2.24) is 4.98 Å². The van der Waals surface area contributed by atoms with E-state index in [4.69, 9.17) is 4.74 Å². The molecule has 1 heterocycles. The molecule has 5 nitrogen and oxygen atoms in total. The van der Waals surface area contributed by atoms with Crippen LogP contribution < -0.4 is 0 Å². The molecule has 0 radical (unpaired) electrons. The van der Waals surface area contributed by atoms with Crippen molar-refractivity contribution < 1.29 is 27.9 Å². The first-order valence-electron chi connectivity index (χ1n) is 9.32. The lowest BCUT2D eigenvalue weighted by Crippen LogP contribution is -2.47. The number of aromatic nitrogens is 1. The summed E-state index contributed by atoms with van der Waals surface area (Å²) in [6, 6.07) is 2.38. The monoisotopic (exact) mass is 379 g/mol. The number of carbonyl (C=O) groups excluding carboxylic acids is 3. The molecule has 3 rings (SSSR count). The molecule has 2 aliphatic rings. The van der Waals surface area contributed by atoms with Crippen LogP contribution in [-0.2, 0) is 20.7 Å². The summed E-state index contributed by atoms with van der Waals surface area (Å²) in [6.45, 7) is 0.389. The Balaban J connectivity index is 1.92. The molecule has 0 N–H and O–H groups in total. The fraction of sp³-hybridized carbons (Fsp3) is 0.600. The Bertz CT molecular complexity index is 727. The second-order valence-electron chi connectivity index (χ2n) is 7.29. The lowest BCUT2D eigenvalue weighted by atomic mass is 9.65. The van der Waals surface area contributed by atoms with Gasteiger partial charge in [0.25, 0.3) is 6.43 Å². The molecule has 1 aromatic rings. The zero-order valence-corrected chi connectivity index (χ0v) is 15.2. The van der Waals surface area contributed by atoms with Crippen LogP contribution in [0.5, 0.6) is 0 Å². The van der Waals surface area contributed by atoms with Gasteiger partial charge in [0.05, 0.1) is 5.69 Å². The van der Waals surface area contributed by atoms with Crippen LogP contribution >= 0.6 is 0 Å². The smallest absolute Gasteiger partial charge is 0.280 e. The normalized spacial score (nSPS) is 25.1. The van der Waals surface area contributed by atoms with E-state index in [0.717, 1.165) is 12.5 Å². The van der Waals surface area contributed by atoms with E-state index in [1.54, 1.807) is 0 Å². The first-order valence-corrected chi connectivity index (χ1v) is 9.32. The van der Waals surface area contributed by atoms with E-state index >= 15 is 0 Å². The standard InChI is InChI=1S/C20H23F2NO4/c1-27-9-3-6-14-13(7-8-15(23-14)20(21)22)19(26)16-17(24)11-4-2-5-12(10-11)18(16)25/h7-8,11-12,16,20H,2-6,9-10H2,1H3. The molecule has 0 saturated heterocycles. The second-order valence-corrected chi connectivity index (χ2v) is 7.29. The number of alkyl halides is 2. The van der Waals surface area contributed by atoms with E-state index in [2.05, 4.69) is 4.98 Å². The minimum absolute atomic E-state index is 0.0992. The zero-order valence-electron chi connectivity index (χ0n) is 15.2. The molecule has 1 aromatic heterocycles. The van der Waals surface area contributed by atoms with Crippen LogP contribution in [0.4, 0.5) is 8.78 Å². The van der Waals surface area contributed by atoms with Crippen LogP contribution in [0.25, 0.3) is 0 Å². The van der Waals surface area contributed by atoms with E-state index in [9.17, 15) is 23.2 Å². The molecule has 0 amide bonds. The number of ketones is 3. The van der Waals surface area contributed by atoms with Gasteiger partial charge in [0, 0.05) is 31.1 Å². The van der Waals surface area contributed by atoms with Gasteiger partial charge in [0.1, 0.15) is 11.6 Å². The Morgan fingerprint density at radius 1 is 1.22 bits per heavy atom. The summed E-state index contributed by atoms with van der Waals surface area (Å²) in [6.07, 6.45) is 0.759. The Hall–Kier alpha value is -2.02. The lowest BCUT2D eigenvalue weighted by molar-refractivity contribution is -0.142. The number of rotatable bonds is 7. The molecule has 0 spiro atoms. The molecule has 2 fully saturated rings. The van der Waals surface area contributed by atoms with Crippen LogP contribution in [0.1, 0.15) is 60.3 Å². The predicted octanol–water partition coefficient (Wildman–Crippen LogP) is 3.36. The molecule has 0 aliphatic heterocycles. The number of aryl methyl sites for hydroxylation is 1. The van der Waals surface area contributed by atoms with E-state index in [-0.39, 0.29) is 41.1 Å². The number of fused-ring (bicyclic) bond motifs is 2. The molecule has 2 saturated carbocycles. The van der Waals surface area contributed by atoms with Crippen LogP contribution in [0.15, 0.2) is 12.1 Å². The second kappa shape index (κ2) is 8.33. The van der Waals surface area contributed by atoms with Crippen molar-refractivity contribution in [3.05, 3.63) is 29.1 Å². The zero-order chi connectivity index (χ0) is 19.6. The van der Waals surface area contributed by atoms with Crippen LogP contribution in [0, 0.1) is 17.8 Å². The van der Waals surface area contributed by atoms with Crippen molar-refractivity contribution >= 4 is 17.3 Å². The third kappa shape index (κ3) is 3.98. The van der Waals surface area contributed by atoms with Crippen LogP contribution in [-0.4, -0.2) is 36.1 Å². The summed E-state index contributed by atoms with van der Waals surface area (Å²) < 4.78 is 31.0. The number of hydrogen-bond acceptors (Lipinski definition) is 5. The summed E-state index contributed by atoms with van der Waals surface area (Å²) in [7, 11) is 1.52. The molecule has 0 aromatic carbocycles. The number of Topliss-reactive ketones (excluding diaryl/α,β-unsaturated/α-hetero) is 3. The van der Waals surface area contributed by atoms with Gasteiger partial charge in [-0.1, -0.05) is 6.42 Å². The predicted molar refractivity (Wildman–Crippen MR) is 92.7 cm³/mol. The van der Waals surface area contributed by atoms with E-state index < -0.39 is 23.8 Å². The minimum atomic E-state index is -2.76. The Morgan fingerprint density at radius 2 is 1.89 bits per heavy atom. The highest BCUT2D eigenvalue weighted by atomic mass is 19.3. The molecule has 2 aliphatic carbocycles. The number of hydrogen-bond donors (Lipinski definition) is 0. The van der Waals surface area contributed by atoms with Crippen molar-refractivity contribution in [2.24, 2.45) is 17.8 Å². The van der Waals surface area contributed by atoms with Gasteiger partial charge in [-0.2, -0.15) is 0 Å². The molecule has 2 atom stereocenters. The molecule has 2 unspecified atom stereocenters. The third-order valence-corrected chi connectivity index (χ3v) is 5.56. The first kappa shape index (κ1) is 19.7. The third-order valence-electron chi connectivity index (χ3n) is 5.56. The van der Waals surface area contributed by atoms with Crippen molar-refractivity contribution in [2.75, 3.05) is 13.7 Å². The van der Waals surface area contributed by atoms with Crippen LogP contribution in [0.3, 0.4) is 0 Å². The first-order chi connectivity index (χ1) is 12.9. The average molecular weight is 379 g/mol. The number of halogens is 2. The summed E-state index contributed by atoms with van der Waals surface area (Å²) in [4.78, 5) is 42.4. The maximum atomic E-state index is 13.1. The number of methoxy groups -OCH3 is 1. The Kier molecular flexibility index (Phi) is 6.09. The minimum Gasteiger partial charge on any atom is -0.385 e. The number of carbonyl (C=O) groups is 3. The summed E-state index contributed by atoms with van der Waals surface area (Å²) in [5, 5.41) is 0. The van der Waals surface area contributed by atoms with Gasteiger partial charge in [-0.25, -0.2) is 8.78 Å². The molecular weight excluding hydrogens is 356 g/mol. The SMILES string of the molecule is COCCCc1nc(C(F)F)ccc1C(=O)C1C(=O)C2CCCC(C2)C1=O. The summed E-state index contributed by atoms with van der Waals surface area (Å²) >= 11 is 0. The highest BCUT2D eigenvalue weighted by Crippen LogP contribution is 2.39. The van der Waals surface area contributed by atoms with Gasteiger partial charge in [-0.05, 0) is 44.2 Å². The Morgan fingerprint density at radius 3 is 2.48 bits per heavy atom. The van der Waals surface area contributed by atoms with Crippen molar-refractivity contribution in [3.63, 3.8) is 0 Å². The van der Waals surface area contributed by atoms with Gasteiger partial charge >= 0.3 is 0 Å². The number of nitrogens with zero attached hydrogens (tertiary/aromatic N) is 1. The highest BCUT2D eigenvalue weighted by Gasteiger charge is 2.48.